The highest BCUT2D eigenvalue weighted by Gasteiger charge is 2.19. The van der Waals surface area contributed by atoms with Gasteiger partial charge in [-0.2, -0.15) is 0 Å². The molecule has 0 aromatic heterocycles. The minimum Gasteiger partial charge on any atom is -0.476 e. The highest BCUT2D eigenvalue weighted by atomic mass is 16.4. The third kappa shape index (κ3) is 9.43. The maximum Gasteiger partial charge on any atom is 0.374 e. The molecule has 0 fully saturated rings. The van der Waals surface area contributed by atoms with E-state index in [9.17, 15) is 19.2 Å². The molecule has 4 N–H and O–H groups in total. The lowest BCUT2D eigenvalue weighted by atomic mass is 10.2. The number of rotatable bonds is 7. The first-order valence-electron chi connectivity index (χ1n) is 5.10. The van der Waals surface area contributed by atoms with E-state index >= 15 is 0 Å². The van der Waals surface area contributed by atoms with Crippen molar-refractivity contribution in [1.29, 1.82) is 0 Å². The number of aliphatic hydroxyl groups is 2. The molecule has 0 saturated carbocycles. The Morgan fingerprint density at radius 1 is 1.06 bits per heavy atom. The van der Waals surface area contributed by atoms with Crippen molar-refractivity contribution in [3.8, 4) is 0 Å². The molecule has 8 heteroatoms. The average molecular weight is 264 g/mol. The second-order valence-corrected chi connectivity index (χ2v) is 3.15. The Labute approximate surface area is 103 Å². The molecular formula is C10H16O8. The molecule has 0 aliphatic rings. The molecule has 0 bridgehead atoms. The van der Waals surface area contributed by atoms with Gasteiger partial charge in [0.1, 0.15) is 6.10 Å². The maximum atomic E-state index is 10.2. The van der Waals surface area contributed by atoms with Crippen LogP contribution in [0.2, 0.25) is 0 Å². The van der Waals surface area contributed by atoms with Gasteiger partial charge in [0.2, 0.25) is 5.78 Å². The highest BCUT2D eigenvalue weighted by molar-refractivity contribution is 6.34. The van der Waals surface area contributed by atoms with E-state index in [4.69, 9.17) is 20.4 Å². The Morgan fingerprint density at radius 2 is 1.56 bits per heavy atom. The van der Waals surface area contributed by atoms with Crippen LogP contribution in [0.3, 0.4) is 0 Å². The molecule has 0 aliphatic carbocycles. The number of Topliss-reactive ketones (excluding diaryl/α,β-unsaturated/α-hetero) is 2. The number of hydrogen-bond donors (Lipinski definition) is 4. The highest BCUT2D eigenvalue weighted by Crippen LogP contribution is 1.90. The van der Waals surface area contributed by atoms with Crippen LogP contribution < -0.4 is 0 Å². The predicted molar refractivity (Wildman–Crippen MR) is 57.9 cm³/mol. The first-order chi connectivity index (χ1) is 8.27. The Kier molecular flexibility index (Phi) is 10.7. The Bertz CT molecular complexity index is 309. The van der Waals surface area contributed by atoms with Gasteiger partial charge in [-0.15, -0.1) is 0 Å². The molecule has 0 aromatic carbocycles. The van der Waals surface area contributed by atoms with Crippen molar-refractivity contribution >= 4 is 23.5 Å². The third-order valence-corrected chi connectivity index (χ3v) is 1.70. The number of aliphatic carboxylic acids is 2. The van der Waals surface area contributed by atoms with Gasteiger partial charge in [-0.1, -0.05) is 6.92 Å². The molecule has 0 aromatic rings. The van der Waals surface area contributed by atoms with Crippen LogP contribution in [-0.4, -0.2) is 56.6 Å². The van der Waals surface area contributed by atoms with E-state index in [1.807, 2.05) is 0 Å². The quantitative estimate of drug-likeness (QED) is 0.420. The topological polar surface area (TPSA) is 149 Å². The van der Waals surface area contributed by atoms with Gasteiger partial charge in [0.05, 0.1) is 0 Å². The van der Waals surface area contributed by atoms with Crippen molar-refractivity contribution in [2.45, 2.75) is 32.3 Å². The van der Waals surface area contributed by atoms with Crippen molar-refractivity contribution in [3.63, 3.8) is 0 Å². The fourth-order valence-corrected chi connectivity index (χ4v) is 0.674. The number of carbonyl (C=O) groups excluding carboxylic acids is 2. The Balaban J connectivity index is 0. The second-order valence-electron chi connectivity index (χ2n) is 3.15. The van der Waals surface area contributed by atoms with Crippen molar-refractivity contribution in [2.24, 2.45) is 0 Å². The minimum absolute atomic E-state index is 0.0775. The number of ketones is 2. The van der Waals surface area contributed by atoms with Gasteiger partial charge in [-0.05, 0) is 12.8 Å². The molecule has 0 heterocycles. The van der Waals surface area contributed by atoms with Gasteiger partial charge in [-0.25, -0.2) is 9.59 Å². The van der Waals surface area contributed by atoms with Gasteiger partial charge >= 0.3 is 11.9 Å². The Hall–Kier alpha value is -1.80. The first-order valence-corrected chi connectivity index (χ1v) is 5.10. The lowest BCUT2D eigenvalue weighted by molar-refractivity contribution is -0.153. The van der Waals surface area contributed by atoms with Crippen molar-refractivity contribution in [1.82, 2.24) is 0 Å². The standard InChI is InChI=1S/2C5H8O4/c1-2-3(6)4(7)5(8)9;6-3-1-2-4(7)5(8)9/h3,6H,2H2,1H3,(H,8,9);6H,1-3H2,(H,8,9). The monoisotopic (exact) mass is 264 g/mol. The molecule has 1 atom stereocenters. The largest absolute Gasteiger partial charge is 0.476 e. The lowest BCUT2D eigenvalue weighted by Gasteiger charge is -1.99. The maximum absolute atomic E-state index is 10.2. The summed E-state index contributed by atoms with van der Waals surface area (Å²) in [5.74, 6) is -4.99. The first kappa shape index (κ1) is 18.6. The van der Waals surface area contributed by atoms with E-state index < -0.39 is 29.6 Å². The summed E-state index contributed by atoms with van der Waals surface area (Å²) in [4.78, 5) is 40.0. The number of carbonyl (C=O) groups is 4. The molecule has 0 saturated heterocycles. The molecule has 1 unspecified atom stereocenters. The number of carboxylic acids is 2. The fourth-order valence-electron chi connectivity index (χ4n) is 0.674. The summed E-state index contributed by atoms with van der Waals surface area (Å²) in [6.45, 7) is 1.39. The van der Waals surface area contributed by atoms with E-state index in [2.05, 4.69) is 0 Å². The van der Waals surface area contributed by atoms with Gasteiger partial charge in [-0.3, -0.25) is 9.59 Å². The summed E-state index contributed by atoms with van der Waals surface area (Å²) in [5, 5.41) is 32.7. The second kappa shape index (κ2) is 10.4. The molecule has 0 aliphatic heterocycles. The lowest BCUT2D eigenvalue weighted by Crippen LogP contribution is -2.27. The molecule has 18 heavy (non-hydrogen) atoms. The molecular weight excluding hydrogens is 248 g/mol. The summed E-state index contributed by atoms with van der Waals surface area (Å²) in [6, 6.07) is 0. The molecule has 0 radical (unpaired) electrons. The summed E-state index contributed by atoms with van der Waals surface area (Å²) in [6.07, 6.45) is -1.05. The van der Waals surface area contributed by atoms with Crippen LogP contribution in [0, 0.1) is 0 Å². The van der Waals surface area contributed by atoms with Gasteiger partial charge in [0.25, 0.3) is 5.78 Å². The van der Waals surface area contributed by atoms with E-state index in [-0.39, 0.29) is 25.9 Å². The fraction of sp³-hybridized carbons (Fsp3) is 0.600. The van der Waals surface area contributed by atoms with E-state index in [0.29, 0.717) is 0 Å². The molecule has 0 spiro atoms. The van der Waals surface area contributed by atoms with Crippen LogP contribution in [0.25, 0.3) is 0 Å². The van der Waals surface area contributed by atoms with Crippen LogP contribution in [0.15, 0.2) is 0 Å². The van der Waals surface area contributed by atoms with Crippen LogP contribution in [-0.2, 0) is 19.2 Å². The Morgan fingerprint density at radius 3 is 1.78 bits per heavy atom. The van der Waals surface area contributed by atoms with Crippen molar-refractivity contribution < 1.29 is 39.6 Å². The molecule has 0 amide bonds. The zero-order valence-corrected chi connectivity index (χ0v) is 9.83. The normalized spacial score (nSPS) is 10.8. The average Bonchev–Trinajstić information content (AvgIpc) is 2.34. The smallest absolute Gasteiger partial charge is 0.374 e. The van der Waals surface area contributed by atoms with E-state index in [1.165, 1.54) is 6.92 Å². The van der Waals surface area contributed by atoms with Gasteiger partial charge in [0.15, 0.2) is 0 Å². The molecule has 104 valence electrons. The van der Waals surface area contributed by atoms with Gasteiger partial charge < -0.3 is 20.4 Å². The summed E-state index contributed by atoms with van der Waals surface area (Å²) in [7, 11) is 0. The van der Waals surface area contributed by atoms with Crippen molar-refractivity contribution in [2.75, 3.05) is 6.61 Å². The van der Waals surface area contributed by atoms with Crippen LogP contribution in [0.1, 0.15) is 26.2 Å². The number of hydrogen-bond acceptors (Lipinski definition) is 6. The van der Waals surface area contributed by atoms with Crippen LogP contribution >= 0.6 is 0 Å². The number of carboxylic acid groups (broad SMARTS) is 2. The third-order valence-electron chi connectivity index (χ3n) is 1.70. The van der Waals surface area contributed by atoms with Gasteiger partial charge in [0, 0.05) is 13.0 Å². The zero-order valence-electron chi connectivity index (χ0n) is 9.83. The van der Waals surface area contributed by atoms with Crippen molar-refractivity contribution in [3.05, 3.63) is 0 Å². The minimum atomic E-state index is -1.58. The summed E-state index contributed by atoms with van der Waals surface area (Å²) < 4.78 is 0. The van der Waals surface area contributed by atoms with E-state index in [1.54, 1.807) is 0 Å². The SMILES string of the molecule is CCC(O)C(=O)C(=O)O.O=C(O)C(=O)CCCO. The van der Waals surface area contributed by atoms with Crippen LogP contribution in [0.4, 0.5) is 0 Å². The number of aliphatic hydroxyl groups excluding tert-OH is 2. The molecule has 0 rings (SSSR count). The van der Waals surface area contributed by atoms with Crippen LogP contribution in [0.5, 0.6) is 0 Å². The van der Waals surface area contributed by atoms with E-state index in [0.717, 1.165) is 0 Å². The molecule has 8 nitrogen and oxygen atoms in total. The summed E-state index contributed by atoms with van der Waals surface area (Å²) in [5.41, 5.74) is 0. The summed E-state index contributed by atoms with van der Waals surface area (Å²) >= 11 is 0. The zero-order chi connectivity index (χ0) is 14.7. The predicted octanol–water partition coefficient (Wildman–Crippen LogP) is -1.18.